The van der Waals surface area contributed by atoms with Crippen molar-refractivity contribution in [3.8, 4) is 0 Å². The zero-order chi connectivity index (χ0) is 10.5. The lowest BCUT2D eigenvalue weighted by atomic mass is 10.0. The van der Waals surface area contributed by atoms with Crippen LogP contribution >= 0.6 is 0 Å². The van der Waals surface area contributed by atoms with E-state index in [-0.39, 0.29) is 7.43 Å². The molecule has 0 aliphatic heterocycles. The molecule has 0 aromatic rings. The second-order valence-corrected chi connectivity index (χ2v) is 3.00. The molecule has 0 atom stereocenters. The van der Waals surface area contributed by atoms with Gasteiger partial charge in [0.2, 0.25) is 0 Å². The van der Waals surface area contributed by atoms with E-state index in [1.165, 1.54) is 0 Å². The standard InChI is InChI=1S/C5H12.3C2H6.CH3/c1-5(2,3)4;3*1-2;/h1-4H3;3*1-2H3;1H3/q;;;;-1. The van der Waals surface area contributed by atoms with Gasteiger partial charge in [0.15, 0.2) is 0 Å². The summed E-state index contributed by atoms with van der Waals surface area (Å²) >= 11 is 0. The van der Waals surface area contributed by atoms with Crippen molar-refractivity contribution in [1.82, 2.24) is 0 Å². The van der Waals surface area contributed by atoms with Gasteiger partial charge in [-0.3, -0.25) is 0 Å². The Bertz CT molecular complexity index is 15.5. The molecule has 0 aliphatic rings. The van der Waals surface area contributed by atoms with E-state index in [1.807, 2.05) is 41.5 Å². The van der Waals surface area contributed by atoms with Gasteiger partial charge in [0, 0.05) is 0 Å². The maximum Gasteiger partial charge on any atom is -0.0411 e. The Hall–Kier alpha value is 0. The van der Waals surface area contributed by atoms with Crippen molar-refractivity contribution in [3.05, 3.63) is 7.43 Å². The molecule has 0 spiro atoms. The molecule has 0 aliphatic carbocycles. The van der Waals surface area contributed by atoms with Gasteiger partial charge in [0.05, 0.1) is 0 Å². The van der Waals surface area contributed by atoms with E-state index in [2.05, 4.69) is 27.7 Å². The Kier molecular flexibility index (Phi) is 75.5. The number of hydrogen-bond donors (Lipinski definition) is 0. The average Bonchev–Trinajstić information content (AvgIpc) is 1.96. The number of rotatable bonds is 0. The molecule has 0 nitrogen and oxygen atoms in total. The molecule has 0 heterocycles. The van der Waals surface area contributed by atoms with Gasteiger partial charge in [-0.05, 0) is 5.41 Å². The summed E-state index contributed by atoms with van der Waals surface area (Å²) in [4.78, 5) is 0. The van der Waals surface area contributed by atoms with Gasteiger partial charge < -0.3 is 7.43 Å². The Labute approximate surface area is 82.8 Å². The van der Waals surface area contributed by atoms with Gasteiger partial charge in [-0.1, -0.05) is 69.2 Å². The molecule has 0 bridgehead atoms. The molecule has 0 saturated carbocycles. The number of hydrogen-bond acceptors (Lipinski definition) is 0. The van der Waals surface area contributed by atoms with Crippen LogP contribution in [0.25, 0.3) is 0 Å². The molecular formula is C12H33-. The lowest BCUT2D eigenvalue weighted by molar-refractivity contribution is 0.469. The molecule has 0 rings (SSSR count). The van der Waals surface area contributed by atoms with Crippen LogP contribution in [-0.2, 0) is 0 Å². The van der Waals surface area contributed by atoms with Gasteiger partial charge in [-0.2, -0.15) is 0 Å². The van der Waals surface area contributed by atoms with E-state index in [9.17, 15) is 0 Å². The monoisotopic (exact) mass is 177 g/mol. The first kappa shape index (κ1) is 29.6. The van der Waals surface area contributed by atoms with Crippen molar-refractivity contribution >= 4 is 0 Å². The molecule has 12 heavy (non-hydrogen) atoms. The van der Waals surface area contributed by atoms with Gasteiger partial charge in [0.25, 0.3) is 0 Å². The molecule has 0 unspecified atom stereocenters. The molecular weight excluding hydrogens is 144 g/mol. The zero-order valence-electron chi connectivity index (χ0n) is 11.5. The molecule has 0 heteroatoms. The van der Waals surface area contributed by atoms with E-state index in [4.69, 9.17) is 0 Å². The molecule has 0 fully saturated rings. The lowest BCUT2D eigenvalue weighted by Gasteiger charge is -2.05. The predicted molar refractivity (Wildman–Crippen MR) is 65.6 cm³/mol. The normalized spacial score (nSPS) is 6.50. The van der Waals surface area contributed by atoms with E-state index < -0.39 is 0 Å². The fourth-order valence-electron chi connectivity index (χ4n) is 0. The Morgan fingerprint density at radius 3 is 0.500 bits per heavy atom. The smallest absolute Gasteiger partial charge is 0.0411 e. The Balaban J connectivity index is -0.0000000203. The van der Waals surface area contributed by atoms with Crippen molar-refractivity contribution in [1.29, 1.82) is 0 Å². The van der Waals surface area contributed by atoms with Crippen LogP contribution in [0, 0.1) is 12.8 Å². The molecule has 0 N–H and O–H groups in total. The quantitative estimate of drug-likeness (QED) is 0.424. The summed E-state index contributed by atoms with van der Waals surface area (Å²) in [6, 6.07) is 0. The SMILES string of the molecule is CC.CC.CC.CC(C)(C)C.[CH3-]. The van der Waals surface area contributed by atoms with Crippen molar-refractivity contribution in [2.75, 3.05) is 0 Å². The molecule has 0 radical (unpaired) electrons. The summed E-state index contributed by atoms with van der Waals surface area (Å²) in [6.45, 7) is 20.8. The highest BCUT2D eigenvalue weighted by atomic mass is 14.0. The topological polar surface area (TPSA) is 0 Å². The van der Waals surface area contributed by atoms with Crippen LogP contribution in [0.4, 0.5) is 0 Å². The maximum atomic E-state index is 2.19. The van der Waals surface area contributed by atoms with Crippen molar-refractivity contribution in [2.24, 2.45) is 5.41 Å². The van der Waals surface area contributed by atoms with Crippen molar-refractivity contribution in [3.63, 3.8) is 0 Å². The highest BCUT2D eigenvalue weighted by Gasteiger charge is 1.95. The summed E-state index contributed by atoms with van der Waals surface area (Å²) in [5.74, 6) is 0. The average molecular weight is 177 g/mol. The molecule has 0 amide bonds. The van der Waals surface area contributed by atoms with Crippen LogP contribution in [0.1, 0.15) is 69.2 Å². The summed E-state index contributed by atoms with van der Waals surface area (Å²) < 4.78 is 0. The first-order valence-corrected chi connectivity index (χ1v) is 5.00. The van der Waals surface area contributed by atoms with Crippen molar-refractivity contribution < 1.29 is 0 Å². The summed E-state index contributed by atoms with van der Waals surface area (Å²) in [5, 5.41) is 0. The minimum atomic E-state index is 0. The predicted octanol–water partition coefficient (Wildman–Crippen LogP) is 5.58. The van der Waals surface area contributed by atoms with Crippen LogP contribution in [-0.4, -0.2) is 0 Å². The van der Waals surface area contributed by atoms with Crippen molar-refractivity contribution in [2.45, 2.75) is 69.2 Å². The fourth-order valence-corrected chi connectivity index (χ4v) is 0. The zero-order valence-corrected chi connectivity index (χ0v) is 11.5. The highest BCUT2D eigenvalue weighted by molar-refractivity contribution is 4.47. The summed E-state index contributed by atoms with van der Waals surface area (Å²) in [6.07, 6.45) is 0. The highest BCUT2D eigenvalue weighted by Crippen LogP contribution is 2.07. The molecule has 0 saturated heterocycles. The van der Waals surface area contributed by atoms with Crippen LogP contribution < -0.4 is 0 Å². The van der Waals surface area contributed by atoms with Crippen LogP contribution in [0.15, 0.2) is 0 Å². The fraction of sp³-hybridized carbons (Fsp3) is 0.917. The summed E-state index contributed by atoms with van der Waals surface area (Å²) in [5.41, 5.74) is 0.500. The van der Waals surface area contributed by atoms with Crippen LogP contribution in [0.2, 0.25) is 0 Å². The first-order chi connectivity index (χ1) is 5.00. The van der Waals surface area contributed by atoms with Gasteiger partial charge in [-0.25, -0.2) is 0 Å². The second-order valence-electron chi connectivity index (χ2n) is 3.00. The molecule has 82 valence electrons. The Morgan fingerprint density at radius 2 is 0.500 bits per heavy atom. The second kappa shape index (κ2) is 30.6. The Morgan fingerprint density at radius 1 is 0.500 bits per heavy atom. The third-order valence-corrected chi connectivity index (χ3v) is 0. The summed E-state index contributed by atoms with van der Waals surface area (Å²) in [7, 11) is 0. The minimum Gasteiger partial charge on any atom is -0.358 e. The van der Waals surface area contributed by atoms with E-state index >= 15 is 0 Å². The van der Waals surface area contributed by atoms with Crippen LogP contribution in [0.5, 0.6) is 0 Å². The minimum absolute atomic E-state index is 0. The maximum absolute atomic E-state index is 2.19. The van der Waals surface area contributed by atoms with Gasteiger partial charge in [-0.15, -0.1) is 0 Å². The lowest BCUT2D eigenvalue weighted by Crippen LogP contribution is -1.93. The third kappa shape index (κ3) is 0. The van der Waals surface area contributed by atoms with Crippen LogP contribution in [0.3, 0.4) is 0 Å². The van der Waals surface area contributed by atoms with Gasteiger partial charge in [0.1, 0.15) is 0 Å². The third-order valence-electron chi connectivity index (χ3n) is 0. The first-order valence-electron chi connectivity index (χ1n) is 5.00. The molecule has 0 aromatic heterocycles. The molecule has 0 aromatic carbocycles. The van der Waals surface area contributed by atoms with E-state index in [0.29, 0.717) is 5.41 Å². The largest absolute Gasteiger partial charge is 0.358 e. The van der Waals surface area contributed by atoms with Gasteiger partial charge >= 0.3 is 0 Å². The van der Waals surface area contributed by atoms with E-state index in [0.717, 1.165) is 0 Å². The van der Waals surface area contributed by atoms with E-state index in [1.54, 1.807) is 0 Å².